The van der Waals surface area contributed by atoms with Crippen LogP contribution in [0.3, 0.4) is 0 Å². The second-order valence-corrected chi connectivity index (χ2v) is 5.63. The summed E-state index contributed by atoms with van der Waals surface area (Å²) in [5.74, 6) is -0.483. The van der Waals surface area contributed by atoms with Crippen LogP contribution in [-0.4, -0.2) is 11.9 Å². The molecule has 1 rings (SSSR count). The van der Waals surface area contributed by atoms with Gasteiger partial charge in [-0.25, -0.2) is 4.39 Å². The zero-order valence-corrected chi connectivity index (χ0v) is 11.3. The molecule has 0 aliphatic carbocycles. The second kappa shape index (κ2) is 5.48. The summed E-state index contributed by atoms with van der Waals surface area (Å²) in [5.41, 5.74) is 6.44. The molecule has 100 valence electrons. The minimum Gasteiger partial charge on any atom is -0.348 e. The summed E-state index contributed by atoms with van der Waals surface area (Å²) in [6, 6.07) is 5.31. The predicted octanol–water partition coefficient (Wildman–Crippen LogP) is 2.38. The van der Waals surface area contributed by atoms with Gasteiger partial charge in [0.1, 0.15) is 5.82 Å². The van der Waals surface area contributed by atoms with Crippen LogP contribution in [0.4, 0.5) is 4.39 Å². The first kappa shape index (κ1) is 14.6. The van der Waals surface area contributed by atoms with E-state index in [2.05, 4.69) is 5.32 Å². The van der Waals surface area contributed by atoms with Gasteiger partial charge in [0.2, 0.25) is 5.91 Å². The maximum Gasteiger partial charge on any atom is 0.237 e. The highest BCUT2D eigenvalue weighted by atomic mass is 19.1. The van der Waals surface area contributed by atoms with E-state index in [1.54, 1.807) is 12.1 Å². The third-order valence-corrected chi connectivity index (χ3v) is 2.94. The summed E-state index contributed by atoms with van der Waals surface area (Å²) in [6.07, 6.45) is 0. The van der Waals surface area contributed by atoms with E-state index in [0.717, 1.165) is 5.56 Å². The summed E-state index contributed by atoms with van der Waals surface area (Å²) < 4.78 is 12.8. The van der Waals surface area contributed by atoms with E-state index in [-0.39, 0.29) is 23.2 Å². The van der Waals surface area contributed by atoms with Crippen molar-refractivity contribution in [3.63, 3.8) is 0 Å². The Bertz CT molecular complexity index is 409. The molecular formula is C14H21FN2O. The highest BCUT2D eigenvalue weighted by molar-refractivity contribution is 5.82. The molecular weight excluding hydrogens is 231 g/mol. The van der Waals surface area contributed by atoms with Crippen molar-refractivity contribution < 1.29 is 9.18 Å². The number of nitrogens with two attached hydrogens (primary N) is 1. The fraction of sp³-hybridized carbons (Fsp3) is 0.500. The molecule has 1 aromatic rings. The molecule has 0 aliphatic rings. The molecule has 3 nitrogen and oxygen atoms in total. The molecule has 2 atom stereocenters. The molecule has 1 aromatic carbocycles. The average Bonchev–Trinajstić information content (AvgIpc) is 2.27. The first-order valence-electron chi connectivity index (χ1n) is 6.03. The van der Waals surface area contributed by atoms with Crippen LogP contribution in [0, 0.1) is 11.2 Å². The largest absolute Gasteiger partial charge is 0.348 e. The lowest BCUT2D eigenvalue weighted by atomic mass is 9.86. The van der Waals surface area contributed by atoms with Crippen LogP contribution < -0.4 is 11.1 Å². The zero-order valence-electron chi connectivity index (χ0n) is 11.3. The summed E-state index contributed by atoms with van der Waals surface area (Å²) in [7, 11) is 0. The van der Waals surface area contributed by atoms with Crippen molar-refractivity contribution in [3.05, 3.63) is 35.6 Å². The normalized spacial score (nSPS) is 15.0. The summed E-state index contributed by atoms with van der Waals surface area (Å²) in [5, 5.41) is 2.84. The van der Waals surface area contributed by atoms with Crippen LogP contribution >= 0.6 is 0 Å². The molecule has 0 aliphatic heterocycles. The highest BCUT2D eigenvalue weighted by Crippen LogP contribution is 2.19. The number of benzene rings is 1. The Balaban J connectivity index is 2.68. The minimum absolute atomic E-state index is 0.188. The molecule has 0 aromatic heterocycles. The minimum atomic E-state index is -0.569. The number of hydrogen-bond donors (Lipinski definition) is 2. The van der Waals surface area contributed by atoms with Crippen molar-refractivity contribution in [1.82, 2.24) is 5.32 Å². The van der Waals surface area contributed by atoms with E-state index in [9.17, 15) is 9.18 Å². The topological polar surface area (TPSA) is 55.1 Å². The fourth-order valence-electron chi connectivity index (χ4n) is 1.53. The molecule has 3 N–H and O–H groups in total. The molecule has 1 unspecified atom stereocenters. The van der Waals surface area contributed by atoms with Gasteiger partial charge in [0, 0.05) is 0 Å². The van der Waals surface area contributed by atoms with Crippen LogP contribution in [0.15, 0.2) is 24.3 Å². The van der Waals surface area contributed by atoms with Gasteiger partial charge in [-0.3, -0.25) is 4.79 Å². The van der Waals surface area contributed by atoms with E-state index in [4.69, 9.17) is 5.73 Å². The number of carbonyl (C=O) groups excluding carboxylic acids is 1. The number of nitrogens with one attached hydrogen (secondary N) is 1. The molecule has 0 bridgehead atoms. The Labute approximate surface area is 108 Å². The Morgan fingerprint density at radius 2 is 1.78 bits per heavy atom. The van der Waals surface area contributed by atoms with E-state index < -0.39 is 6.04 Å². The Kier molecular flexibility index (Phi) is 4.46. The second-order valence-electron chi connectivity index (χ2n) is 5.63. The Morgan fingerprint density at radius 1 is 1.28 bits per heavy atom. The number of rotatable bonds is 3. The van der Waals surface area contributed by atoms with E-state index in [1.807, 2.05) is 27.7 Å². The molecule has 18 heavy (non-hydrogen) atoms. The van der Waals surface area contributed by atoms with Crippen LogP contribution in [0.2, 0.25) is 0 Å². The predicted molar refractivity (Wildman–Crippen MR) is 70.4 cm³/mol. The van der Waals surface area contributed by atoms with Gasteiger partial charge in [0.15, 0.2) is 0 Å². The maximum atomic E-state index is 12.8. The third-order valence-electron chi connectivity index (χ3n) is 2.94. The quantitative estimate of drug-likeness (QED) is 0.867. The molecule has 1 amide bonds. The first-order chi connectivity index (χ1) is 8.21. The molecule has 0 saturated heterocycles. The van der Waals surface area contributed by atoms with Crippen molar-refractivity contribution in [1.29, 1.82) is 0 Å². The Morgan fingerprint density at radius 3 is 2.22 bits per heavy atom. The van der Waals surface area contributed by atoms with Gasteiger partial charge < -0.3 is 11.1 Å². The van der Waals surface area contributed by atoms with Crippen molar-refractivity contribution in [2.45, 2.75) is 39.8 Å². The molecule has 0 radical (unpaired) electrons. The fourth-order valence-corrected chi connectivity index (χ4v) is 1.53. The van der Waals surface area contributed by atoms with Crippen molar-refractivity contribution >= 4 is 5.91 Å². The molecule has 0 heterocycles. The summed E-state index contributed by atoms with van der Waals surface area (Å²) in [4.78, 5) is 11.9. The van der Waals surface area contributed by atoms with Gasteiger partial charge in [-0.1, -0.05) is 32.9 Å². The number of carbonyl (C=O) groups is 1. The van der Waals surface area contributed by atoms with Crippen LogP contribution in [0.25, 0.3) is 0 Å². The average molecular weight is 252 g/mol. The SMILES string of the molecule is CC(NC(=O)[C@@H](N)C(C)(C)C)c1ccc(F)cc1. The molecule has 0 fully saturated rings. The van der Waals surface area contributed by atoms with E-state index in [0.29, 0.717) is 0 Å². The van der Waals surface area contributed by atoms with E-state index in [1.165, 1.54) is 12.1 Å². The Hall–Kier alpha value is -1.42. The van der Waals surface area contributed by atoms with Gasteiger partial charge >= 0.3 is 0 Å². The smallest absolute Gasteiger partial charge is 0.237 e. The lowest BCUT2D eigenvalue weighted by molar-refractivity contribution is -0.125. The number of hydrogen-bond acceptors (Lipinski definition) is 2. The molecule has 4 heteroatoms. The standard InChI is InChI=1S/C14H21FN2O/c1-9(10-5-7-11(15)8-6-10)17-13(18)12(16)14(2,3)4/h5-9,12H,16H2,1-4H3,(H,17,18)/t9?,12-/m1/s1. The monoisotopic (exact) mass is 252 g/mol. The highest BCUT2D eigenvalue weighted by Gasteiger charge is 2.28. The number of halogens is 1. The molecule has 0 saturated carbocycles. The van der Waals surface area contributed by atoms with Crippen LogP contribution in [0.1, 0.15) is 39.3 Å². The maximum absolute atomic E-state index is 12.8. The van der Waals surface area contributed by atoms with Gasteiger partial charge in [-0.15, -0.1) is 0 Å². The van der Waals surface area contributed by atoms with Gasteiger partial charge in [0.05, 0.1) is 12.1 Å². The molecule has 0 spiro atoms. The summed E-state index contributed by atoms with van der Waals surface area (Å²) in [6.45, 7) is 7.60. The first-order valence-corrected chi connectivity index (χ1v) is 6.03. The van der Waals surface area contributed by atoms with Crippen LogP contribution in [0.5, 0.6) is 0 Å². The van der Waals surface area contributed by atoms with Gasteiger partial charge in [-0.2, -0.15) is 0 Å². The lowest BCUT2D eigenvalue weighted by Gasteiger charge is -2.27. The third kappa shape index (κ3) is 3.81. The summed E-state index contributed by atoms with van der Waals surface area (Å²) >= 11 is 0. The van der Waals surface area contributed by atoms with Crippen LogP contribution in [-0.2, 0) is 4.79 Å². The van der Waals surface area contributed by atoms with Crippen molar-refractivity contribution in [2.24, 2.45) is 11.1 Å². The van der Waals surface area contributed by atoms with E-state index >= 15 is 0 Å². The van der Waals surface area contributed by atoms with Gasteiger partial charge in [0.25, 0.3) is 0 Å². The lowest BCUT2D eigenvalue weighted by Crippen LogP contribution is -2.49. The zero-order chi connectivity index (χ0) is 13.9. The van der Waals surface area contributed by atoms with Crippen molar-refractivity contribution in [3.8, 4) is 0 Å². The number of amides is 1. The van der Waals surface area contributed by atoms with Crippen molar-refractivity contribution in [2.75, 3.05) is 0 Å². The van der Waals surface area contributed by atoms with Gasteiger partial charge in [-0.05, 0) is 30.0 Å².